The Morgan fingerprint density at radius 3 is 2.41 bits per heavy atom. The molecule has 0 aliphatic carbocycles. The second-order valence-corrected chi connectivity index (χ2v) is 9.15. The minimum Gasteiger partial charge on any atom is -0.338 e. The number of aryl methyl sites for hydroxylation is 1. The van der Waals surface area contributed by atoms with Gasteiger partial charge in [-0.2, -0.15) is 0 Å². The average Bonchev–Trinajstić information content (AvgIpc) is 2.70. The summed E-state index contributed by atoms with van der Waals surface area (Å²) in [6.07, 6.45) is 3.86. The molecule has 5 nitrogen and oxygen atoms in total. The third kappa shape index (κ3) is 3.42. The molecule has 2 aromatic carbocycles. The summed E-state index contributed by atoms with van der Waals surface area (Å²) < 4.78 is 54.0. The predicted molar refractivity (Wildman–Crippen MR) is 105 cm³/mol. The van der Waals surface area contributed by atoms with Crippen LogP contribution in [0.25, 0.3) is 0 Å². The van der Waals surface area contributed by atoms with Crippen LogP contribution in [0.5, 0.6) is 0 Å². The van der Waals surface area contributed by atoms with Crippen molar-refractivity contribution in [2.75, 3.05) is 18.0 Å². The van der Waals surface area contributed by atoms with Crippen molar-refractivity contribution < 1.29 is 22.0 Å². The molecule has 152 valence electrons. The maximum Gasteiger partial charge on any atom is 0.267 e. The number of rotatable bonds is 2. The van der Waals surface area contributed by atoms with Crippen LogP contribution < -0.4 is 4.90 Å². The fourth-order valence-electron chi connectivity index (χ4n) is 3.70. The highest BCUT2D eigenvalue weighted by atomic mass is 32.2. The lowest BCUT2D eigenvalue weighted by atomic mass is 10.1. The van der Waals surface area contributed by atoms with E-state index in [1.165, 1.54) is 40.3 Å². The zero-order valence-electron chi connectivity index (χ0n) is 15.9. The number of anilines is 2. The van der Waals surface area contributed by atoms with E-state index in [0.29, 0.717) is 24.3 Å². The molecule has 8 heteroatoms. The Morgan fingerprint density at radius 2 is 1.72 bits per heavy atom. The Labute approximate surface area is 168 Å². The zero-order chi connectivity index (χ0) is 20.8. The van der Waals surface area contributed by atoms with E-state index < -0.39 is 27.4 Å². The molecule has 1 saturated heterocycles. The van der Waals surface area contributed by atoms with Crippen LogP contribution in [0.3, 0.4) is 0 Å². The number of halogens is 2. The third-order valence-corrected chi connectivity index (χ3v) is 7.06. The van der Waals surface area contributed by atoms with Crippen LogP contribution in [0.2, 0.25) is 0 Å². The van der Waals surface area contributed by atoms with Crippen LogP contribution in [0.4, 0.5) is 20.2 Å². The van der Waals surface area contributed by atoms with Gasteiger partial charge >= 0.3 is 0 Å². The van der Waals surface area contributed by atoms with E-state index in [1.54, 1.807) is 6.92 Å². The molecule has 1 fully saturated rings. The number of hydrogen-bond donors (Lipinski definition) is 0. The van der Waals surface area contributed by atoms with Gasteiger partial charge in [-0.05, 0) is 68.1 Å². The van der Waals surface area contributed by atoms with E-state index in [2.05, 4.69) is 0 Å². The number of carbonyl (C=O) groups excluding carboxylic acids is 1. The molecule has 4 rings (SSSR count). The van der Waals surface area contributed by atoms with E-state index in [1.807, 2.05) is 0 Å². The van der Waals surface area contributed by atoms with E-state index >= 15 is 0 Å². The molecule has 0 radical (unpaired) electrons. The first-order valence-corrected chi connectivity index (χ1v) is 10.9. The summed E-state index contributed by atoms with van der Waals surface area (Å²) in [7, 11) is -4.12. The summed E-state index contributed by atoms with van der Waals surface area (Å²) in [5.74, 6) is -1.59. The highest BCUT2D eigenvalue weighted by Gasteiger charge is 2.38. The Hall–Kier alpha value is -2.74. The summed E-state index contributed by atoms with van der Waals surface area (Å²) >= 11 is 0. The lowest BCUT2D eigenvalue weighted by molar-refractivity contribution is -0.127. The Kier molecular flexibility index (Phi) is 4.90. The molecule has 29 heavy (non-hydrogen) atoms. The van der Waals surface area contributed by atoms with Gasteiger partial charge in [0.25, 0.3) is 5.91 Å². The monoisotopic (exact) mass is 418 g/mol. The molecule has 0 atom stereocenters. The van der Waals surface area contributed by atoms with Crippen molar-refractivity contribution in [2.24, 2.45) is 0 Å². The lowest BCUT2D eigenvalue weighted by Crippen LogP contribution is -2.39. The van der Waals surface area contributed by atoms with Crippen LogP contribution in [-0.2, 0) is 14.6 Å². The van der Waals surface area contributed by atoms with Gasteiger partial charge in [0, 0.05) is 25.0 Å². The van der Waals surface area contributed by atoms with Crippen molar-refractivity contribution >= 4 is 27.1 Å². The van der Waals surface area contributed by atoms with Crippen LogP contribution >= 0.6 is 0 Å². The fraction of sp³-hybridized carbons (Fsp3) is 0.286. The van der Waals surface area contributed by atoms with Gasteiger partial charge in [0.15, 0.2) is 4.91 Å². The largest absolute Gasteiger partial charge is 0.338 e. The maximum atomic E-state index is 13.9. The number of nitrogens with zero attached hydrogens (tertiary/aromatic N) is 2. The Morgan fingerprint density at radius 1 is 1.00 bits per heavy atom. The first kappa shape index (κ1) is 19.6. The summed E-state index contributed by atoms with van der Waals surface area (Å²) in [6.45, 7) is 2.57. The van der Waals surface area contributed by atoms with E-state index in [0.717, 1.165) is 31.4 Å². The normalized spacial score (nSPS) is 18.2. The number of carbonyl (C=O) groups is 1. The van der Waals surface area contributed by atoms with Gasteiger partial charge in [0.1, 0.15) is 11.6 Å². The first-order chi connectivity index (χ1) is 13.8. The number of likely N-dealkylation sites (tertiary alicyclic amines) is 1. The number of fused-ring (bicyclic) bond motifs is 1. The molecule has 2 aliphatic heterocycles. The van der Waals surface area contributed by atoms with Crippen LogP contribution in [0.15, 0.2) is 52.4 Å². The van der Waals surface area contributed by atoms with Gasteiger partial charge < -0.3 is 9.80 Å². The quantitative estimate of drug-likeness (QED) is 0.691. The first-order valence-electron chi connectivity index (χ1n) is 9.40. The number of hydrogen-bond acceptors (Lipinski definition) is 4. The molecule has 2 aromatic rings. The standard InChI is InChI=1S/C21H20F2N2O3S/c1-14-11-16(6-7-17(14)23)25-13-20(21(26)24-9-3-2-4-10-24)29(27,28)19-8-5-15(22)12-18(19)25/h5-8,11-13H,2-4,9-10H2,1H3. The molecule has 0 spiro atoms. The predicted octanol–water partition coefficient (Wildman–Crippen LogP) is 4.05. The van der Waals surface area contributed by atoms with E-state index in [-0.39, 0.29) is 15.5 Å². The summed E-state index contributed by atoms with van der Waals surface area (Å²) in [5.41, 5.74) is 0.881. The Bertz CT molecular complexity index is 1120. The molecular weight excluding hydrogens is 398 g/mol. The fourth-order valence-corrected chi connectivity index (χ4v) is 5.22. The average molecular weight is 418 g/mol. The highest BCUT2D eigenvalue weighted by Crippen LogP contribution is 2.40. The SMILES string of the molecule is Cc1cc(N2C=C(C(=O)N3CCCCC3)S(=O)(=O)c3ccc(F)cc32)ccc1F. The zero-order valence-corrected chi connectivity index (χ0v) is 16.7. The smallest absolute Gasteiger partial charge is 0.267 e. The maximum absolute atomic E-state index is 13.9. The van der Waals surface area contributed by atoms with Gasteiger partial charge in [0.05, 0.1) is 10.6 Å². The summed E-state index contributed by atoms with van der Waals surface area (Å²) in [4.78, 5) is 15.5. The van der Waals surface area contributed by atoms with Crippen molar-refractivity contribution in [3.8, 4) is 0 Å². The number of benzene rings is 2. The second kappa shape index (κ2) is 7.26. The molecular formula is C21H20F2N2O3S. The third-order valence-electron chi connectivity index (χ3n) is 5.28. The minimum atomic E-state index is -4.12. The highest BCUT2D eigenvalue weighted by molar-refractivity contribution is 7.96. The van der Waals surface area contributed by atoms with Crippen LogP contribution in [0.1, 0.15) is 24.8 Å². The van der Waals surface area contributed by atoms with E-state index in [4.69, 9.17) is 0 Å². The molecule has 0 saturated carbocycles. The number of sulfone groups is 1. The van der Waals surface area contributed by atoms with Crippen LogP contribution in [-0.4, -0.2) is 32.3 Å². The molecule has 0 unspecified atom stereocenters. The molecule has 2 heterocycles. The minimum absolute atomic E-state index is 0.0891. The van der Waals surface area contributed by atoms with E-state index in [9.17, 15) is 22.0 Å². The van der Waals surface area contributed by atoms with Crippen molar-refractivity contribution in [1.82, 2.24) is 4.90 Å². The number of piperidine rings is 1. The summed E-state index contributed by atoms with van der Waals surface area (Å²) in [5, 5.41) is 0. The van der Waals surface area contributed by atoms with Crippen molar-refractivity contribution in [3.63, 3.8) is 0 Å². The van der Waals surface area contributed by atoms with Gasteiger partial charge in [-0.3, -0.25) is 4.79 Å². The van der Waals surface area contributed by atoms with Gasteiger partial charge in [-0.15, -0.1) is 0 Å². The van der Waals surface area contributed by atoms with Crippen LogP contribution in [0, 0.1) is 18.6 Å². The van der Waals surface area contributed by atoms with Gasteiger partial charge in [-0.1, -0.05) is 0 Å². The molecule has 2 aliphatic rings. The molecule has 1 amide bonds. The van der Waals surface area contributed by atoms with Gasteiger partial charge in [0.2, 0.25) is 9.84 Å². The molecule has 0 aromatic heterocycles. The second-order valence-electron chi connectivity index (χ2n) is 7.27. The Balaban J connectivity index is 1.89. The lowest BCUT2D eigenvalue weighted by Gasteiger charge is -2.32. The van der Waals surface area contributed by atoms with Crippen molar-refractivity contribution in [3.05, 3.63) is 64.7 Å². The van der Waals surface area contributed by atoms with Gasteiger partial charge in [-0.25, -0.2) is 17.2 Å². The summed E-state index contributed by atoms with van der Waals surface area (Å²) in [6, 6.07) is 7.57. The molecule has 0 N–H and O–H groups in total. The van der Waals surface area contributed by atoms with Crippen molar-refractivity contribution in [2.45, 2.75) is 31.1 Å². The topological polar surface area (TPSA) is 57.7 Å². The van der Waals surface area contributed by atoms with Crippen molar-refractivity contribution in [1.29, 1.82) is 0 Å². The molecule has 0 bridgehead atoms. The number of amides is 1.